The number of benzene rings is 2. The van der Waals surface area contributed by atoms with Crippen LogP contribution < -0.4 is 9.46 Å². The molecule has 2 aromatic carbocycles. The van der Waals surface area contributed by atoms with Gasteiger partial charge < -0.3 is 4.74 Å². The van der Waals surface area contributed by atoms with E-state index in [1.165, 1.54) is 12.1 Å². The summed E-state index contributed by atoms with van der Waals surface area (Å²) in [7, 11) is -3.64. The summed E-state index contributed by atoms with van der Waals surface area (Å²) in [5.74, 6) is -1.34. The van der Waals surface area contributed by atoms with Crippen molar-refractivity contribution in [1.29, 1.82) is 0 Å². The zero-order chi connectivity index (χ0) is 19.4. The Hall–Kier alpha value is -3.00. The number of carbonyl (C=O) groups excluding carboxylic acids is 1. The predicted molar refractivity (Wildman–Crippen MR) is 99.2 cm³/mol. The molecule has 3 aromatic rings. The van der Waals surface area contributed by atoms with Gasteiger partial charge in [0.2, 0.25) is 15.9 Å². The van der Waals surface area contributed by atoms with Crippen LogP contribution in [0.1, 0.15) is 11.3 Å². The van der Waals surface area contributed by atoms with Gasteiger partial charge in [0.25, 0.3) is 0 Å². The minimum absolute atomic E-state index is 0.0252. The fourth-order valence-electron chi connectivity index (χ4n) is 2.54. The van der Waals surface area contributed by atoms with Crippen LogP contribution in [0.25, 0.3) is 10.9 Å². The van der Waals surface area contributed by atoms with Crippen molar-refractivity contribution in [3.05, 3.63) is 71.7 Å². The van der Waals surface area contributed by atoms with Gasteiger partial charge in [-0.25, -0.2) is 17.8 Å². The Morgan fingerprint density at radius 1 is 1.15 bits per heavy atom. The number of para-hydroxylation sites is 1. The molecule has 140 valence electrons. The number of nitrogens with one attached hydrogen (secondary N) is 1. The highest BCUT2D eigenvalue weighted by Crippen LogP contribution is 2.20. The molecule has 0 bridgehead atoms. The third kappa shape index (κ3) is 5.24. The van der Waals surface area contributed by atoms with Gasteiger partial charge in [-0.2, -0.15) is 0 Å². The molecule has 0 aliphatic rings. The van der Waals surface area contributed by atoms with Gasteiger partial charge >= 0.3 is 0 Å². The normalized spacial score (nSPS) is 11.3. The molecule has 1 N–H and O–H groups in total. The maximum absolute atomic E-state index is 14.2. The van der Waals surface area contributed by atoms with Gasteiger partial charge in [-0.15, -0.1) is 0 Å². The first-order valence-corrected chi connectivity index (χ1v) is 9.96. The SMILES string of the molecule is CS(=O)(=O)NC(=O)Cc1ccc(OCc2ccc3ccccc3n2)c(F)c1. The Labute approximate surface area is 156 Å². The number of rotatable bonds is 6. The zero-order valence-electron chi connectivity index (χ0n) is 14.5. The number of ether oxygens (including phenoxy) is 1. The number of nitrogens with zero attached hydrogens (tertiary/aromatic N) is 1. The van der Waals surface area contributed by atoms with Gasteiger partial charge in [0, 0.05) is 5.39 Å². The lowest BCUT2D eigenvalue weighted by Gasteiger charge is -2.09. The first-order valence-electron chi connectivity index (χ1n) is 8.07. The van der Waals surface area contributed by atoms with Crippen molar-refractivity contribution in [2.75, 3.05) is 6.26 Å². The van der Waals surface area contributed by atoms with Gasteiger partial charge in [-0.1, -0.05) is 30.3 Å². The van der Waals surface area contributed by atoms with Crippen molar-refractivity contribution >= 4 is 26.8 Å². The molecule has 0 atom stereocenters. The molecule has 1 aromatic heterocycles. The zero-order valence-corrected chi connectivity index (χ0v) is 15.3. The Balaban J connectivity index is 1.66. The van der Waals surface area contributed by atoms with Crippen LogP contribution in [0, 0.1) is 5.82 Å². The molecule has 1 amide bonds. The van der Waals surface area contributed by atoms with E-state index in [2.05, 4.69) is 4.98 Å². The van der Waals surface area contributed by atoms with Crippen molar-refractivity contribution in [3.63, 3.8) is 0 Å². The number of pyridine rings is 1. The number of halogens is 1. The van der Waals surface area contributed by atoms with E-state index in [0.29, 0.717) is 11.3 Å². The van der Waals surface area contributed by atoms with Gasteiger partial charge in [0.1, 0.15) is 6.61 Å². The lowest BCUT2D eigenvalue weighted by Crippen LogP contribution is -2.30. The van der Waals surface area contributed by atoms with E-state index in [1.54, 1.807) is 0 Å². The van der Waals surface area contributed by atoms with Crippen LogP contribution in [0.2, 0.25) is 0 Å². The fourth-order valence-corrected chi connectivity index (χ4v) is 3.03. The molecule has 3 rings (SSSR count). The predicted octanol–water partition coefficient (Wildman–Crippen LogP) is 2.57. The smallest absolute Gasteiger partial charge is 0.237 e. The highest BCUT2D eigenvalue weighted by Gasteiger charge is 2.12. The lowest BCUT2D eigenvalue weighted by molar-refractivity contribution is -0.118. The second-order valence-corrected chi connectivity index (χ2v) is 7.77. The summed E-state index contributed by atoms with van der Waals surface area (Å²) < 4.78 is 43.6. The van der Waals surface area contributed by atoms with Crippen LogP contribution in [0.3, 0.4) is 0 Å². The summed E-state index contributed by atoms with van der Waals surface area (Å²) in [6.07, 6.45) is 0.625. The largest absolute Gasteiger partial charge is 0.484 e. The average Bonchev–Trinajstić information content (AvgIpc) is 2.59. The van der Waals surface area contributed by atoms with Gasteiger partial charge in [0.05, 0.1) is 23.9 Å². The van der Waals surface area contributed by atoms with Crippen LogP contribution >= 0.6 is 0 Å². The third-order valence-corrected chi connectivity index (χ3v) is 4.29. The third-order valence-electron chi connectivity index (χ3n) is 3.69. The van der Waals surface area contributed by atoms with Crippen molar-refractivity contribution in [1.82, 2.24) is 9.71 Å². The summed E-state index contributed by atoms with van der Waals surface area (Å²) in [5.41, 5.74) is 1.82. The molecular weight excluding hydrogens is 371 g/mol. The maximum Gasteiger partial charge on any atom is 0.237 e. The summed E-state index contributed by atoms with van der Waals surface area (Å²) in [6, 6.07) is 15.4. The Kier molecular flexibility index (Phi) is 5.36. The van der Waals surface area contributed by atoms with Crippen LogP contribution in [0.15, 0.2) is 54.6 Å². The van der Waals surface area contributed by atoms with Crippen LogP contribution in [-0.4, -0.2) is 25.6 Å². The van der Waals surface area contributed by atoms with Crippen molar-refractivity contribution < 1.29 is 22.3 Å². The van der Waals surface area contributed by atoms with Crippen molar-refractivity contribution in [3.8, 4) is 5.75 Å². The van der Waals surface area contributed by atoms with E-state index in [9.17, 15) is 17.6 Å². The van der Waals surface area contributed by atoms with Gasteiger partial charge in [0.15, 0.2) is 11.6 Å². The summed E-state index contributed by atoms with van der Waals surface area (Å²) in [4.78, 5) is 16.0. The van der Waals surface area contributed by atoms with E-state index in [1.807, 2.05) is 41.1 Å². The molecule has 1 heterocycles. The number of sulfonamides is 1. The molecule has 6 nitrogen and oxygen atoms in total. The molecule has 8 heteroatoms. The Bertz CT molecular complexity index is 1100. The topological polar surface area (TPSA) is 85.4 Å². The summed E-state index contributed by atoms with van der Waals surface area (Å²) >= 11 is 0. The average molecular weight is 388 g/mol. The minimum Gasteiger partial charge on any atom is -0.484 e. The molecule has 0 aliphatic carbocycles. The van der Waals surface area contributed by atoms with E-state index in [0.717, 1.165) is 23.2 Å². The van der Waals surface area contributed by atoms with Crippen LogP contribution in [-0.2, 0) is 27.8 Å². The van der Waals surface area contributed by atoms with E-state index >= 15 is 0 Å². The maximum atomic E-state index is 14.2. The monoisotopic (exact) mass is 388 g/mol. The van der Waals surface area contributed by atoms with Crippen molar-refractivity contribution in [2.45, 2.75) is 13.0 Å². The number of hydrogen-bond acceptors (Lipinski definition) is 5. The molecule has 0 unspecified atom stereocenters. The molecule has 0 fully saturated rings. The van der Waals surface area contributed by atoms with Crippen molar-refractivity contribution in [2.24, 2.45) is 0 Å². The number of hydrogen-bond donors (Lipinski definition) is 1. The van der Waals surface area contributed by atoms with Gasteiger partial charge in [-0.05, 0) is 29.8 Å². The highest BCUT2D eigenvalue weighted by molar-refractivity contribution is 7.89. The minimum atomic E-state index is -3.64. The van der Waals surface area contributed by atoms with Crippen LogP contribution in [0.4, 0.5) is 4.39 Å². The van der Waals surface area contributed by atoms with E-state index in [-0.39, 0.29) is 18.8 Å². The molecule has 27 heavy (non-hydrogen) atoms. The Morgan fingerprint density at radius 3 is 2.67 bits per heavy atom. The molecule has 0 saturated carbocycles. The number of fused-ring (bicyclic) bond motifs is 1. The lowest BCUT2D eigenvalue weighted by atomic mass is 10.1. The number of amides is 1. The molecule has 0 saturated heterocycles. The summed E-state index contributed by atoms with van der Waals surface area (Å²) in [5, 5.41) is 1.00. The first kappa shape index (κ1) is 18.8. The molecule has 0 spiro atoms. The number of carbonyl (C=O) groups is 1. The number of aromatic nitrogens is 1. The standard InChI is InChI=1S/C19H17FN2O4S/c1-27(24,25)22-19(23)11-13-6-9-18(16(20)10-13)26-12-15-8-7-14-4-2-3-5-17(14)21-15/h2-10H,11-12H2,1H3,(H,22,23). The highest BCUT2D eigenvalue weighted by atomic mass is 32.2. The molecule has 0 aliphatic heterocycles. The molecule has 0 radical (unpaired) electrons. The van der Waals surface area contributed by atoms with E-state index < -0.39 is 21.7 Å². The second-order valence-electron chi connectivity index (χ2n) is 6.02. The fraction of sp³-hybridized carbons (Fsp3) is 0.158. The van der Waals surface area contributed by atoms with E-state index in [4.69, 9.17) is 4.74 Å². The Morgan fingerprint density at radius 2 is 1.93 bits per heavy atom. The molecular formula is C19H17FN2O4S. The van der Waals surface area contributed by atoms with Gasteiger partial charge in [-0.3, -0.25) is 9.52 Å². The summed E-state index contributed by atoms with van der Waals surface area (Å²) in [6.45, 7) is 0.0929. The quantitative estimate of drug-likeness (QED) is 0.702. The van der Waals surface area contributed by atoms with Crippen LogP contribution in [0.5, 0.6) is 5.75 Å². The first-order chi connectivity index (χ1) is 12.8. The second kappa shape index (κ2) is 7.71.